The fourth-order valence-corrected chi connectivity index (χ4v) is 2.69. The van der Waals surface area contributed by atoms with E-state index in [1.807, 2.05) is 54.6 Å². The summed E-state index contributed by atoms with van der Waals surface area (Å²) in [5, 5.41) is 2.70. The fraction of sp³-hybridized carbons (Fsp3) is 0.200. The number of carbonyl (C=O) groups is 2. The van der Waals surface area contributed by atoms with Gasteiger partial charge in [0.25, 0.3) is 0 Å². The molecule has 6 heteroatoms. The molecule has 0 aliphatic rings. The number of carbonyl (C=O) groups excluding carboxylic acids is 2. The summed E-state index contributed by atoms with van der Waals surface area (Å²) in [6.07, 6.45) is 2.71. The van der Waals surface area contributed by atoms with Gasteiger partial charge in [-0.15, -0.1) is 0 Å². The fourth-order valence-electron chi connectivity index (χ4n) is 2.69. The van der Waals surface area contributed by atoms with Gasteiger partial charge in [0.2, 0.25) is 11.8 Å². The molecule has 0 saturated carbocycles. The van der Waals surface area contributed by atoms with Crippen LogP contribution in [0.3, 0.4) is 0 Å². The second-order valence-electron chi connectivity index (χ2n) is 6.06. The first-order valence-electron chi connectivity index (χ1n) is 8.45. The van der Waals surface area contributed by atoms with Crippen molar-refractivity contribution in [1.29, 1.82) is 0 Å². The van der Waals surface area contributed by atoms with E-state index >= 15 is 0 Å². The van der Waals surface area contributed by atoms with Gasteiger partial charge in [0, 0.05) is 19.0 Å². The van der Waals surface area contributed by atoms with Gasteiger partial charge in [-0.2, -0.15) is 0 Å². The van der Waals surface area contributed by atoms with E-state index in [1.165, 1.54) is 0 Å². The van der Waals surface area contributed by atoms with E-state index in [0.29, 0.717) is 12.1 Å². The third-order valence-electron chi connectivity index (χ3n) is 4.07. The van der Waals surface area contributed by atoms with Crippen molar-refractivity contribution in [2.45, 2.75) is 25.3 Å². The van der Waals surface area contributed by atoms with Gasteiger partial charge >= 0.3 is 0 Å². The zero-order valence-corrected chi connectivity index (χ0v) is 14.3. The van der Waals surface area contributed by atoms with Crippen LogP contribution in [0.2, 0.25) is 0 Å². The van der Waals surface area contributed by atoms with Crippen LogP contribution in [-0.2, 0) is 22.4 Å². The molecule has 0 aliphatic carbocycles. The predicted molar refractivity (Wildman–Crippen MR) is 99.1 cm³/mol. The van der Waals surface area contributed by atoms with Crippen molar-refractivity contribution in [3.63, 3.8) is 0 Å². The van der Waals surface area contributed by atoms with Crippen molar-refractivity contribution in [3.05, 3.63) is 72.1 Å². The standard InChI is InChI=1S/C20H20N4O2/c21-20(26)18(24-19(25)11-10-14-6-2-1-3-7-14)12-15-13-22-16-8-4-5-9-17(16)23-15/h1-9,13,18H,10-12H2,(H2,21,26)(H,24,25)/t18-/m1/s1. The first kappa shape index (κ1) is 17.5. The van der Waals surface area contributed by atoms with E-state index in [4.69, 9.17) is 5.73 Å². The highest BCUT2D eigenvalue weighted by atomic mass is 16.2. The van der Waals surface area contributed by atoms with Gasteiger partial charge in [-0.25, -0.2) is 4.98 Å². The van der Waals surface area contributed by atoms with Crippen LogP contribution < -0.4 is 11.1 Å². The van der Waals surface area contributed by atoms with Crippen molar-refractivity contribution in [2.24, 2.45) is 5.73 Å². The lowest BCUT2D eigenvalue weighted by Gasteiger charge is -2.15. The van der Waals surface area contributed by atoms with E-state index in [9.17, 15) is 9.59 Å². The summed E-state index contributed by atoms with van der Waals surface area (Å²) < 4.78 is 0. The second kappa shape index (κ2) is 8.20. The number of nitrogens with one attached hydrogen (secondary N) is 1. The molecule has 0 spiro atoms. The van der Waals surface area contributed by atoms with Gasteiger partial charge in [0.05, 0.1) is 16.7 Å². The van der Waals surface area contributed by atoms with Crippen LogP contribution in [0.15, 0.2) is 60.8 Å². The van der Waals surface area contributed by atoms with E-state index in [0.717, 1.165) is 16.6 Å². The topological polar surface area (TPSA) is 98.0 Å². The maximum Gasteiger partial charge on any atom is 0.240 e. The summed E-state index contributed by atoms with van der Waals surface area (Å²) in [4.78, 5) is 32.7. The summed E-state index contributed by atoms with van der Waals surface area (Å²) in [6.45, 7) is 0. The Morgan fingerprint density at radius 2 is 1.69 bits per heavy atom. The second-order valence-corrected chi connectivity index (χ2v) is 6.06. The minimum absolute atomic E-state index is 0.213. The normalized spacial score (nSPS) is 11.8. The number of nitrogens with two attached hydrogens (primary N) is 1. The highest BCUT2D eigenvalue weighted by Gasteiger charge is 2.19. The maximum atomic E-state index is 12.2. The smallest absolute Gasteiger partial charge is 0.240 e. The molecule has 3 aromatic rings. The Balaban J connectivity index is 1.62. The van der Waals surface area contributed by atoms with Gasteiger partial charge in [-0.05, 0) is 24.1 Å². The van der Waals surface area contributed by atoms with Gasteiger partial charge in [0.1, 0.15) is 6.04 Å². The number of aromatic nitrogens is 2. The molecule has 1 atom stereocenters. The summed E-state index contributed by atoms with van der Waals surface area (Å²) in [6, 6.07) is 16.4. The minimum Gasteiger partial charge on any atom is -0.368 e. The quantitative estimate of drug-likeness (QED) is 0.680. The number of benzene rings is 2. The number of fused-ring (bicyclic) bond motifs is 1. The Morgan fingerprint density at radius 1 is 1.00 bits per heavy atom. The van der Waals surface area contributed by atoms with Crippen molar-refractivity contribution in [1.82, 2.24) is 15.3 Å². The zero-order chi connectivity index (χ0) is 18.4. The van der Waals surface area contributed by atoms with E-state index in [-0.39, 0.29) is 18.7 Å². The average molecular weight is 348 g/mol. The monoisotopic (exact) mass is 348 g/mol. The van der Waals surface area contributed by atoms with Gasteiger partial charge in [0.15, 0.2) is 0 Å². The van der Waals surface area contributed by atoms with Crippen molar-refractivity contribution in [3.8, 4) is 0 Å². The largest absolute Gasteiger partial charge is 0.368 e. The van der Waals surface area contributed by atoms with E-state index < -0.39 is 11.9 Å². The van der Waals surface area contributed by atoms with E-state index in [1.54, 1.807) is 6.20 Å². The van der Waals surface area contributed by atoms with Crippen molar-refractivity contribution >= 4 is 22.8 Å². The molecule has 0 saturated heterocycles. The lowest BCUT2D eigenvalue weighted by atomic mass is 10.1. The predicted octanol–water partition coefficient (Wildman–Crippen LogP) is 1.78. The Labute approximate surface area is 151 Å². The minimum atomic E-state index is -0.811. The number of primary amides is 1. The lowest BCUT2D eigenvalue weighted by molar-refractivity contribution is -0.127. The van der Waals surface area contributed by atoms with Crippen LogP contribution in [0.4, 0.5) is 0 Å². The van der Waals surface area contributed by atoms with Crippen molar-refractivity contribution < 1.29 is 9.59 Å². The molecule has 132 valence electrons. The number of amides is 2. The van der Waals surface area contributed by atoms with Gasteiger partial charge < -0.3 is 11.1 Å². The molecule has 0 unspecified atom stereocenters. The zero-order valence-electron chi connectivity index (χ0n) is 14.3. The Bertz CT molecular complexity index is 912. The summed E-state index contributed by atoms with van der Waals surface area (Å²) >= 11 is 0. The van der Waals surface area contributed by atoms with Crippen LogP contribution in [0.5, 0.6) is 0 Å². The Kier molecular flexibility index (Phi) is 5.53. The summed E-state index contributed by atoms with van der Waals surface area (Å²) in [5.74, 6) is -0.806. The van der Waals surface area contributed by atoms with Gasteiger partial charge in [-0.3, -0.25) is 14.6 Å². The van der Waals surface area contributed by atoms with E-state index in [2.05, 4.69) is 15.3 Å². The molecular weight excluding hydrogens is 328 g/mol. The molecule has 3 N–H and O–H groups in total. The first-order chi connectivity index (χ1) is 12.6. The number of para-hydroxylation sites is 2. The summed E-state index contributed by atoms with van der Waals surface area (Å²) in [7, 11) is 0. The number of rotatable bonds is 7. The molecule has 0 bridgehead atoms. The molecular formula is C20H20N4O2. The molecule has 0 aliphatic heterocycles. The highest BCUT2D eigenvalue weighted by Crippen LogP contribution is 2.10. The molecule has 1 aromatic heterocycles. The first-order valence-corrected chi connectivity index (χ1v) is 8.45. The molecule has 0 fully saturated rings. The van der Waals surface area contributed by atoms with Crippen LogP contribution in [-0.4, -0.2) is 27.8 Å². The number of hydrogen-bond acceptors (Lipinski definition) is 4. The molecule has 2 amide bonds. The van der Waals surface area contributed by atoms with Crippen LogP contribution in [0.1, 0.15) is 17.7 Å². The average Bonchev–Trinajstić information content (AvgIpc) is 2.66. The third kappa shape index (κ3) is 4.63. The Hall–Kier alpha value is -3.28. The summed E-state index contributed by atoms with van der Waals surface area (Å²) in [5.41, 5.74) is 8.64. The maximum absolute atomic E-state index is 12.2. The molecule has 26 heavy (non-hydrogen) atoms. The van der Waals surface area contributed by atoms with Crippen molar-refractivity contribution in [2.75, 3.05) is 0 Å². The lowest BCUT2D eigenvalue weighted by Crippen LogP contribution is -2.46. The van der Waals surface area contributed by atoms with Crippen LogP contribution >= 0.6 is 0 Å². The number of aryl methyl sites for hydroxylation is 1. The molecule has 1 heterocycles. The molecule has 2 aromatic carbocycles. The number of hydrogen-bond donors (Lipinski definition) is 2. The van der Waals surface area contributed by atoms with Crippen LogP contribution in [0, 0.1) is 0 Å². The molecule has 6 nitrogen and oxygen atoms in total. The van der Waals surface area contributed by atoms with Crippen LogP contribution in [0.25, 0.3) is 11.0 Å². The highest BCUT2D eigenvalue weighted by molar-refractivity contribution is 5.86. The SMILES string of the molecule is NC(=O)[C@@H](Cc1cnc2ccccc2n1)NC(=O)CCc1ccccc1. The Morgan fingerprint density at radius 3 is 2.42 bits per heavy atom. The molecule has 0 radical (unpaired) electrons. The number of nitrogens with zero attached hydrogens (tertiary/aromatic N) is 2. The molecule has 3 rings (SSSR count). The van der Waals surface area contributed by atoms with Gasteiger partial charge in [-0.1, -0.05) is 42.5 Å². The third-order valence-corrected chi connectivity index (χ3v) is 4.07.